The van der Waals surface area contributed by atoms with Crippen LogP contribution in [0.3, 0.4) is 0 Å². The third-order valence-corrected chi connectivity index (χ3v) is 4.95. The number of amides is 1. The molecule has 0 spiro atoms. The lowest BCUT2D eigenvalue weighted by Gasteiger charge is -2.33. The van der Waals surface area contributed by atoms with Crippen LogP contribution >= 0.6 is 0 Å². The molecule has 134 valence electrons. The van der Waals surface area contributed by atoms with Crippen LogP contribution in [0.5, 0.6) is 0 Å². The van der Waals surface area contributed by atoms with Gasteiger partial charge in [0.1, 0.15) is 6.10 Å². The highest BCUT2D eigenvalue weighted by molar-refractivity contribution is 5.93. The number of aromatic nitrogens is 2. The smallest absolute Gasteiger partial charge is 0.253 e. The molecular weight excluding hydrogens is 320 g/mol. The Kier molecular flexibility index (Phi) is 4.83. The molecule has 3 aliphatic heterocycles. The minimum Gasteiger partial charge on any atom is -0.501 e. The van der Waals surface area contributed by atoms with Crippen molar-refractivity contribution >= 4 is 11.9 Å². The molecule has 1 aromatic heterocycles. The minimum absolute atomic E-state index is 0.0572. The maximum absolute atomic E-state index is 12.7. The predicted molar refractivity (Wildman–Crippen MR) is 92.0 cm³/mol. The number of carbonyl (C=O) groups excluding carboxylic acids is 1. The molecule has 3 aliphatic rings. The molecule has 0 N–H and O–H groups in total. The van der Waals surface area contributed by atoms with E-state index in [4.69, 9.17) is 14.5 Å². The van der Waals surface area contributed by atoms with Crippen LogP contribution in [-0.2, 0) is 14.3 Å². The Bertz CT molecular complexity index is 657. The predicted octanol–water partition coefficient (Wildman–Crippen LogP) is 1.67. The number of anilines is 1. The molecule has 1 amide bonds. The lowest BCUT2D eigenvalue weighted by atomic mass is 10.1. The van der Waals surface area contributed by atoms with Crippen LogP contribution in [0.15, 0.2) is 24.1 Å². The van der Waals surface area contributed by atoms with E-state index < -0.39 is 0 Å². The third-order valence-electron chi connectivity index (χ3n) is 4.95. The summed E-state index contributed by atoms with van der Waals surface area (Å²) < 4.78 is 11.2. The Morgan fingerprint density at radius 3 is 2.84 bits per heavy atom. The number of rotatable bonds is 3. The molecule has 0 aromatic carbocycles. The first kappa shape index (κ1) is 16.3. The molecule has 25 heavy (non-hydrogen) atoms. The zero-order valence-electron chi connectivity index (χ0n) is 14.4. The molecule has 0 aliphatic carbocycles. The van der Waals surface area contributed by atoms with E-state index in [9.17, 15) is 4.79 Å². The fourth-order valence-electron chi connectivity index (χ4n) is 3.55. The lowest BCUT2D eigenvalue weighted by Crippen LogP contribution is -2.43. The maximum Gasteiger partial charge on any atom is 0.253 e. The van der Waals surface area contributed by atoms with Gasteiger partial charge in [0.25, 0.3) is 5.91 Å². The fourth-order valence-corrected chi connectivity index (χ4v) is 3.55. The minimum atomic E-state index is -0.202. The van der Waals surface area contributed by atoms with E-state index in [0.29, 0.717) is 26.3 Å². The first-order chi connectivity index (χ1) is 12.3. The highest BCUT2D eigenvalue weighted by atomic mass is 16.5. The molecule has 2 fully saturated rings. The van der Waals surface area contributed by atoms with Crippen molar-refractivity contribution in [2.75, 3.05) is 44.3 Å². The van der Waals surface area contributed by atoms with Crippen molar-refractivity contribution in [1.82, 2.24) is 14.9 Å². The second kappa shape index (κ2) is 7.39. The SMILES string of the molecule is O=C(C1=COCCC1)N1CCOC(c2ccnc(N3CCCC3)n2)C1. The van der Waals surface area contributed by atoms with E-state index in [1.54, 1.807) is 12.5 Å². The Balaban J connectivity index is 1.46. The summed E-state index contributed by atoms with van der Waals surface area (Å²) in [6, 6.07) is 1.89. The summed E-state index contributed by atoms with van der Waals surface area (Å²) in [5.74, 6) is 0.826. The van der Waals surface area contributed by atoms with Gasteiger partial charge in [-0.25, -0.2) is 9.97 Å². The Labute approximate surface area is 147 Å². The summed E-state index contributed by atoms with van der Waals surface area (Å²) in [7, 11) is 0. The van der Waals surface area contributed by atoms with E-state index >= 15 is 0 Å². The summed E-state index contributed by atoms with van der Waals surface area (Å²) >= 11 is 0. The molecule has 7 nitrogen and oxygen atoms in total. The van der Waals surface area contributed by atoms with Gasteiger partial charge in [-0.2, -0.15) is 0 Å². The van der Waals surface area contributed by atoms with Crippen molar-refractivity contribution in [2.45, 2.75) is 31.8 Å². The van der Waals surface area contributed by atoms with Gasteiger partial charge in [0.15, 0.2) is 0 Å². The summed E-state index contributed by atoms with van der Waals surface area (Å²) in [6.07, 6.45) is 7.26. The average Bonchev–Trinajstić information content (AvgIpc) is 3.23. The second-order valence-electron chi connectivity index (χ2n) is 6.70. The third kappa shape index (κ3) is 3.61. The molecule has 4 rings (SSSR count). The molecule has 1 atom stereocenters. The van der Waals surface area contributed by atoms with E-state index in [2.05, 4.69) is 9.88 Å². The van der Waals surface area contributed by atoms with Crippen LogP contribution in [0, 0.1) is 0 Å². The van der Waals surface area contributed by atoms with Gasteiger partial charge in [-0.15, -0.1) is 0 Å². The number of ether oxygens (including phenoxy) is 2. The lowest BCUT2D eigenvalue weighted by molar-refractivity contribution is -0.135. The highest BCUT2D eigenvalue weighted by Crippen LogP contribution is 2.25. The van der Waals surface area contributed by atoms with E-state index in [0.717, 1.165) is 43.1 Å². The van der Waals surface area contributed by atoms with Gasteiger partial charge in [-0.05, 0) is 31.7 Å². The monoisotopic (exact) mass is 344 g/mol. The maximum atomic E-state index is 12.7. The van der Waals surface area contributed by atoms with Gasteiger partial charge < -0.3 is 19.3 Å². The van der Waals surface area contributed by atoms with Crippen molar-refractivity contribution in [3.63, 3.8) is 0 Å². The van der Waals surface area contributed by atoms with Crippen LogP contribution < -0.4 is 4.90 Å². The number of morpholine rings is 1. The van der Waals surface area contributed by atoms with E-state index in [-0.39, 0.29) is 12.0 Å². The normalized spacial score (nSPS) is 24.0. The zero-order valence-corrected chi connectivity index (χ0v) is 14.4. The largest absolute Gasteiger partial charge is 0.501 e. The molecule has 2 saturated heterocycles. The van der Waals surface area contributed by atoms with Crippen molar-refractivity contribution < 1.29 is 14.3 Å². The topological polar surface area (TPSA) is 67.8 Å². The van der Waals surface area contributed by atoms with Crippen LogP contribution in [0.1, 0.15) is 37.5 Å². The van der Waals surface area contributed by atoms with E-state index in [1.165, 1.54) is 12.8 Å². The number of carbonyl (C=O) groups is 1. The summed E-state index contributed by atoms with van der Waals surface area (Å²) in [6.45, 7) is 4.36. The van der Waals surface area contributed by atoms with Crippen molar-refractivity contribution in [3.8, 4) is 0 Å². The molecule has 0 bridgehead atoms. The van der Waals surface area contributed by atoms with Crippen molar-refractivity contribution in [1.29, 1.82) is 0 Å². The van der Waals surface area contributed by atoms with Crippen LogP contribution in [0.25, 0.3) is 0 Å². The molecule has 1 aromatic rings. The van der Waals surface area contributed by atoms with Gasteiger partial charge in [0, 0.05) is 25.8 Å². The summed E-state index contributed by atoms with van der Waals surface area (Å²) in [5, 5.41) is 0. The quantitative estimate of drug-likeness (QED) is 0.831. The van der Waals surface area contributed by atoms with Crippen LogP contribution in [0.4, 0.5) is 5.95 Å². The molecular formula is C18H24N4O3. The summed E-state index contributed by atoms with van der Waals surface area (Å²) in [5.41, 5.74) is 1.61. The average molecular weight is 344 g/mol. The molecule has 7 heteroatoms. The summed E-state index contributed by atoms with van der Waals surface area (Å²) in [4.78, 5) is 25.8. The first-order valence-electron chi connectivity index (χ1n) is 9.11. The number of hydrogen-bond acceptors (Lipinski definition) is 6. The molecule has 0 radical (unpaired) electrons. The number of nitrogens with zero attached hydrogens (tertiary/aromatic N) is 4. The van der Waals surface area contributed by atoms with Gasteiger partial charge in [-0.3, -0.25) is 4.79 Å². The van der Waals surface area contributed by atoms with Crippen molar-refractivity contribution in [2.24, 2.45) is 0 Å². The van der Waals surface area contributed by atoms with Crippen LogP contribution in [0.2, 0.25) is 0 Å². The first-order valence-corrected chi connectivity index (χ1v) is 9.11. The fraction of sp³-hybridized carbons (Fsp3) is 0.611. The van der Waals surface area contributed by atoms with Gasteiger partial charge >= 0.3 is 0 Å². The Morgan fingerprint density at radius 2 is 2.04 bits per heavy atom. The van der Waals surface area contributed by atoms with Gasteiger partial charge in [0.2, 0.25) is 5.95 Å². The van der Waals surface area contributed by atoms with Crippen LogP contribution in [-0.4, -0.2) is 60.2 Å². The molecule has 1 unspecified atom stereocenters. The van der Waals surface area contributed by atoms with Gasteiger partial charge in [0.05, 0.1) is 37.3 Å². The van der Waals surface area contributed by atoms with E-state index in [1.807, 2.05) is 11.0 Å². The zero-order chi connectivity index (χ0) is 17.1. The van der Waals surface area contributed by atoms with Crippen molar-refractivity contribution in [3.05, 3.63) is 29.8 Å². The highest BCUT2D eigenvalue weighted by Gasteiger charge is 2.29. The molecule has 0 saturated carbocycles. The number of hydrogen-bond donors (Lipinski definition) is 0. The molecule has 4 heterocycles. The standard InChI is InChI=1S/C18H24N4O3/c23-17(14-4-3-10-24-13-14)22-9-11-25-16(12-22)15-5-6-19-18(20-15)21-7-1-2-8-21/h5-6,13,16H,1-4,7-12H2. The Morgan fingerprint density at radius 1 is 1.16 bits per heavy atom. The van der Waals surface area contributed by atoms with Gasteiger partial charge in [-0.1, -0.05) is 0 Å². The Hall–Kier alpha value is -2.15. The second-order valence-corrected chi connectivity index (χ2v) is 6.70.